The van der Waals surface area contributed by atoms with Gasteiger partial charge in [0.2, 0.25) is 0 Å². The molecule has 1 N–H and O–H groups in total. The molecule has 2 heterocycles. The number of hydrogen-bond donors (Lipinski definition) is 1. The standard InChI is InChI=1S/C27H19FN4O4S/c1-16-19(14-20-25(33)29-27(37)31(26(20)34)24-13-7-4-10-21(24)28)18-9-3-6-12-23(18)30(16)15-17-8-2-5-11-22(17)32(35)36/h2-14H,15H2,1H3,(H,29,33,37)/b20-14-. The number of nitro groups is 1. The van der Waals surface area contributed by atoms with E-state index in [0.29, 0.717) is 16.8 Å². The van der Waals surface area contributed by atoms with E-state index in [0.717, 1.165) is 15.8 Å². The number of benzene rings is 3. The van der Waals surface area contributed by atoms with Crippen LogP contribution in [0.3, 0.4) is 0 Å². The lowest BCUT2D eigenvalue weighted by Gasteiger charge is -2.29. The summed E-state index contributed by atoms with van der Waals surface area (Å²) in [7, 11) is 0. The van der Waals surface area contributed by atoms with Gasteiger partial charge >= 0.3 is 0 Å². The van der Waals surface area contributed by atoms with E-state index in [-0.39, 0.29) is 28.6 Å². The lowest BCUT2D eigenvalue weighted by atomic mass is 10.0. The van der Waals surface area contributed by atoms with Gasteiger partial charge in [-0.05, 0) is 43.4 Å². The van der Waals surface area contributed by atoms with E-state index in [1.807, 2.05) is 35.8 Å². The number of nitrogens with one attached hydrogen (secondary N) is 1. The summed E-state index contributed by atoms with van der Waals surface area (Å²) in [5.41, 5.74) is 2.28. The Kier molecular flexibility index (Phi) is 6.10. The van der Waals surface area contributed by atoms with Gasteiger partial charge in [-0.1, -0.05) is 48.5 Å². The molecule has 0 unspecified atom stereocenters. The second-order valence-electron chi connectivity index (χ2n) is 8.40. The summed E-state index contributed by atoms with van der Waals surface area (Å²) in [6.07, 6.45) is 1.46. The van der Waals surface area contributed by atoms with Crippen molar-refractivity contribution in [3.05, 3.63) is 111 Å². The van der Waals surface area contributed by atoms with Crippen LogP contribution in [0.2, 0.25) is 0 Å². The molecule has 0 bridgehead atoms. The minimum Gasteiger partial charge on any atom is -0.340 e. The molecule has 1 saturated heterocycles. The predicted molar refractivity (Wildman–Crippen MR) is 141 cm³/mol. The maximum atomic E-state index is 14.5. The highest BCUT2D eigenvalue weighted by molar-refractivity contribution is 7.80. The molecule has 0 saturated carbocycles. The average Bonchev–Trinajstić information content (AvgIpc) is 3.13. The van der Waals surface area contributed by atoms with Gasteiger partial charge in [-0.2, -0.15) is 0 Å². The molecule has 184 valence electrons. The number of anilines is 1. The van der Waals surface area contributed by atoms with Crippen molar-refractivity contribution in [2.45, 2.75) is 13.5 Å². The number of amides is 2. The first-order chi connectivity index (χ1) is 17.8. The van der Waals surface area contributed by atoms with Crippen LogP contribution < -0.4 is 10.2 Å². The maximum absolute atomic E-state index is 14.5. The van der Waals surface area contributed by atoms with Crippen LogP contribution in [0.4, 0.5) is 15.8 Å². The number of thiocarbonyl (C=S) groups is 1. The van der Waals surface area contributed by atoms with Crippen LogP contribution in [-0.4, -0.2) is 26.4 Å². The van der Waals surface area contributed by atoms with Crippen LogP contribution in [0.25, 0.3) is 17.0 Å². The molecule has 0 aliphatic carbocycles. The number of rotatable bonds is 5. The first-order valence-corrected chi connectivity index (χ1v) is 11.6. The number of nitro benzene ring substituents is 1. The molecule has 0 spiro atoms. The Morgan fingerprint density at radius 1 is 1.03 bits per heavy atom. The normalized spacial score (nSPS) is 14.9. The summed E-state index contributed by atoms with van der Waals surface area (Å²) in [5.74, 6) is -2.11. The van der Waals surface area contributed by atoms with Crippen LogP contribution in [0.1, 0.15) is 16.8 Å². The van der Waals surface area contributed by atoms with Gasteiger partial charge in [-0.25, -0.2) is 9.29 Å². The molecule has 0 atom stereocenters. The molecule has 0 radical (unpaired) electrons. The number of halogens is 1. The number of fused-ring (bicyclic) bond motifs is 1. The number of carbonyl (C=O) groups excluding carboxylic acids is 2. The van der Waals surface area contributed by atoms with Crippen molar-refractivity contribution < 1.29 is 18.9 Å². The zero-order valence-electron chi connectivity index (χ0n) is 19.5. The monoisotopic (exact) mass is 514 g/mol. The third-order valence-corrected chi connectivity index (χ3v) is 6.56. The van der Waals surface area contributed by atoms with E-state index in [2.05, 4.69) is 5.32 Å². The topological polar surface area (TPSA) is 97.5 Å². The molecule has 2 amide bonds. The Hall–Kier alpha value is -4.70. The smallest absolute Gasteiger partial charge is 0.274 e. The van der Waals surface area contributed by atoms with Crippen LogP contribution in [0.15, 0.2) is 78.4 Å². The van der Waals surface area contributed by atoms with Gasteiger partial charge in [0.15, 0.2) is 5.11 Å². The van der Waals surface area contributed by atoms with Crippen LogP contribution in [0.5, 0.6) is 0 Å². The summed E-state index contributed by atoms with van der Waals surface area (Å²) >= 11 is 5.17. The summed E-state index contributed by atoms with van der Waals surface area (Å²) < 4.78 is 16.4. The molecule has 1 aliphatic rings. The zero-order valence-corrected chi connectivity index (χ0v) is 20.3. The Morgan fingerprint density at radius 2 is 1.70 bits per heavy atom. The van der Waals surface area contributed by atoms with Gasteiger partial charge in [-0.15, -0.1) is 0 Å². The van der Waals surface area contributed by atoms with Crippen molar-refractivity contribution in [3.8, 4) is 0 Å². The van der Waals surface area contributed by atoms with E-state index in [1.165, 1.54) is 30.3 Å². The molecule has 1 aliphatic heterocycles. The van der Waals surface area contributed by atoms with Gasteiger partial charge in [-0.3, -0.25) is 25.0 Å². The predicted octanol–water partition coefficient (Wildman–Crippen LogP) is 4.88. The minimum absolute atomic E-state index is 0.00420. The third-order valence-electron chi connectivity index (χ3n) is 6.28. The van der Waals surface area contributed by atoms with Gasteiger partial charge in [0, 0.05) is 33.8 Å². The average molecular weight is 515 g/mol. The van der Waals surface area contributed by atoms with Crippen LogP contribution in [-0.2, 0) is 16.1 Å². The summed E-state index contributed by atoms with van der Waals surface area (Å²) in [4.78, 5) is 38.4. The summed E-state index contributed by atoms with van der Waals surface area (Å²) in [5, 5.41) is 14.6. The fraction of sp³-hybridized carbons (Fsp3) is 0.0741. The Morgan fingerprint density at radius 3 is 2.46 bits per heavy atom. The molecular formula is C27H19FN4O4S. The number of carbonyl (C=O) groups is 2. The Balaban J connectivity index is 1.64. The van der Waals surface area contributed by atoms with E-state index >= 15 is 0 Å². The second kappa shape index (κ2) is 9.40. The van der Waals surface area contributed by atoms with E-state index < -0.39 is 22.6 Å². The molecule has 5 rings (SSSR count). The van der Waals surface area contributed by atoms with E-state index in [9.17, 15) is 24.1 Å². The number of hydrogen-bond acceptors (Lipinski definition) is 5. The minimum atomic E-state index is -0.756. The molecule has 1 fully saturated rings. The summed E-state index contributed by atoms with van der Waals surface area (Å²) in [6.45, 7) is 2.02. The molecule has 3 aromatic carbocycles. The highest BCUT2D eigenvalue weighted by Gasteiger charge is 2.36. The van der Waals surface area contributed by atoms with Gasteiger partial charge < -0.3 is 4.57 Å². The fourth-order valence-corrected chi connectivity index (χ4v) is 4.76. The molecule has 4 aromatic rings. The van der Waals surface area contributed by atoms with Crippen LogP contribution >= 0.6 is 12.2 Å². The molecule has 1 aromatic heterocycles. The molecule has 10 heteroatoms. The number of aromatic nitrogens is 1. The maximum Gasteiger partial charge on any atom is 0.274 e. The van der Waals surface area contributed by atoms with Gasteiger partial charge in [0.05, 0.1) is 17.2 Å². The zero-order chi connectivity index (χ0) is 26.3. The van der Waals surface area contributed by atoms with Gasteiger partial charge in [0.25, 0.3) is 17.5 Å². The Bertz CT molecular complexity index is 1660. The number of para-hydroxylation sites is 3. The molecule has 8 nitrogen and oxygen atoms in total. The van der Waals surface area contributed by atoms with E-state index in [4.69, 9.17) is 12.2 Å². The first-order valence-electron chi connectivity index (χ1n) is 11.2. The fourth-order valence-electron chi connectivity index (χ4n) is 4.49. The highest BCUT2D eigenvalue weighted by atomic mass is 32.1. The largest absolute Gasteiger partial charge is 0.340 e. The second-order valence-corrected chi connectivity index (χ2v) is 8.78. The van der Waals surface area contributed by atoms with Crippen molar-refractivity contribution in [2.75, 3.05) is 4.90 Å². The molecular weight excluding hydrogens is 495 g/mol. The van der Waals surface area contributed by atoms with Gasteiger partial charge in [0.1, 0.15) is 11.4 Å². The quantitative estimate of drug-likeness (QED) is 0.135. The van der Waals surface area contributed by atoms with Crippen molar-refractivity contribution in [3.63, 3.8) is 0 Å². The SMILES string of the molecule is Cc1c(/C=C2/C(=O)NC(=S)N(c3ccccc3F)C2=O)c2ccccc2n1Cc1ccccc1[N+](=O)[O-]. The lowest BCUT2D eigenvalue weighted by molar-refractivity contribution is -0.385. The van der Waals surface area contributed by atoms with Crippen LogP contribution in [0, 0.1) is 22.9 Å². The van der Waals surface area contributed by atoms with Crippen molar-refractivity contribution in [1.82, 2.24) is 9.88 Å². The van der Waals surface area contributed by atoms with E-state index in [1.54, 1.807) is 24.3 Å². The van der Waals surface area contributed by atoms with Crippen molar-refractivity contribution in [1.29, 1.82) is 0 Å². The third kappa shape index (κ3) is 4.17. The van der Waals surface area contributed by atoms with Crippen molar-refractivity contribution in [2.24, 2.45) is 0 Å². The summed E-state index contributed by atoms with van der Waals surface area (Å²) in [6, 6.07) is 19.5. The highest BCUT2D eigenvalue weighted by Crippen LogP contribution is 2.32. The first kappa shape index (κ1) is 24.0. The molecule has 37 heavy (non-hydrogen) atoms. The Labute approximate surface area is 215 Å². The number of nitrogens with zero attached hydrogens (tertiary/aromatic N) is 3. The lowest BCUT2D eigenvalue weighted by Crippen LogP contribution is -2.54. The van der Waals surface area contributed by atoms with Crippen molar-refractivity contribution >= 4 is 57.5 Å².